The highest BCUT2D eigenvalue weighted by atomic mass is 16.4. The number of carboxylic acid groups (broad SMARTS) is 1. The van der Waals surface area contributed by atoms with E-state index in [0.717, 1.165) is 25.0 Å². The van der Waals surface area contributed by atoms with Crippen LogP contribution in [-0.2, 0) is 17.8 Å². The Morgan fingerprint density at radius 1 is 1.58 bits per heavy atom. The lowest BCUT2D eigenvalue weighted by atomic mass is 9.83. The molecule has 106 valence electrons. The van der Waals surface area contributed by atoms with Crippen molar-refractivity contribution in [2.75, 3.05) is 6.54 Å². The summed E-state index contributed by atoms with van der Waals surface area (Å²) in [6.45, 7) is 5.37. The van der Waals surface area contributed by atoms with Crippen molar-refractivity contribution in [1.29, 1.82) is 0 Å². The summed E-state index contributed by atoms with van der Waals surface area (Å²) in [5.41, 5.74) is 9.51. The van der Waals surface area contributed by atoms with Crippen LogP contribution in [0.2, 0.25) is 0 Å². The van der Waals surface area contributed by atoms with Crippen LogP contribution in [0.25, 0.3) is 0 Å². The molecular weight excluding hydrogens is 242 g/mol. The number of nitrogens with zero attached hydrogens (tertiary/aromatic N) is 2. The quantitative estimate of drug-likeness (QED) is 0.851. The summed E-state index contributed by atoms with van der Waals surface area (Å²) in [4.78, 5) is 10.7. The van der Waals surface area contributed by atoms with Gasteiger partial charge in [0.2, 0.25) is 0 Å². The average Bonchev–Trinajstić information content (AvgIpc) is 2.75. The summed E-state index contributed by atoms with van der Waals surface area (Å²) in [5.74, 6) is -0.0340. The molecule has 1 aromatic heterocycles. The summed E-state index contributed by atoms with van der Waals surface area (Å²) in [5, 5.41) is 13.5. The van der Waals surface area contributed by atoms with E-state index >= 15 is 0 Å². The number of hydrogen-bond donors (Lipinski definition) is 2. The lowest BCUT2D eigenvalue weighted by Crippen LogP contribution is -2.20. The number of rotatable bonds is 5. The molecule has 5 heteroatoms. The Labute approximate surface area is 113 Å². The summed E-state index contributed by atoms with van der Waals surface area (Å²) in [6.07, 6.45) is 3.35. The van der Waals surface area contributed by atoms with Crippen molar-refractivity contribution in [3.8, 4) is 0 Å². The standard InChI is InChI=1S/C14H23N3O2/c1-9(2)14-13-10(8-15)4-3-5-11(13)17(16-14)7-6-12(18)19/h9-10H,3-8,15H2,1-2H3,(H,18,19). The molecule has 1 aromatic rings. The first-order chi connectivity index (χ1) is 9.04. The molecule has 0 bridgehead atoms. The number of carboxylic acids is 1. The number of fused-ring (bicyclic) bond motifs is 1. The van der Waals surface area contributed by atoms with Gasteiger partial charge in [0, 0.05) is 11.3 Å². The maximum absolute atomic E-state index is 10.7. The van der Waals surface area contributed by atoms with Crippen LogP contribution in [0.5, 0.6) is 0 Å². The molecule has 0 spiro atoms. The van der Waals surface area contributed by atoms with Crippen LogP contribution in [0.1, 0.15) is 61.9 Å². The second-order valence-electron chi connectivity index (χ2n) is 5.59. The predicted molar refractivity (Wildman–Crippen MR) is 73.3 cm³/mol. The van der Waals surface area contributed by atoms with E-state index in [9.17, 15) is 4.79 Å². The van der Waals surface area contributed by atoms with Gasteiger partial charge in [-0.05, 0) is 37.6 Å². The molecule has 1 unspecified atom stereocenters. The van der Waals surface area contributed by atoms with E-state index in [4.69, 9.17) is 10.8 Å². The Kier molecular flexibility index (Phi) is 4.24. The van der Waals surface area contributed by atoms with Crippen molar-refractivity contribution in [2.24, 2.45) is 5.73 Å². The van der Waals surface area contributed by atoms with Gasteiger partial charge in [-0.15, -0.1) is 0 Å². The molecule has 3 N–H and O–H groups in total. The van der Waals surface area contributed by atoms with Crippen LogP contribution in [0.15, 0.2) is 0 Å². The summed E-state index contributed by atoms with van der Waals surface area (Å²) < 4.78 is 1.90. The molecule has 1 atom stereocenters. The topological polar surface area (TPSA) is 81.1 Å². The molecule has 1 aliphatic rings. The Bertz CT molecular complexity index is 466. The molecule has 19 heavy (non-hydrogen) atoms. The highest BCUT2D eigenvalue weighted by Crippen LogP contribution is 2.36. The molecule has 0 amide bonds. The third kappa shape index (κ3) is 2.81. The highest BCUT2D eigenvalue weighted by Gasteiger charge is 2.28. The van der Waals surface area contributed by atoms with Crippen LogP contribution >= 0.6 is 0 Å². The van der Waals surface area contributed by atoms with Crippen LogP contribution in [0.4, 0.5) is 0 Å². The maximum Gasteiger partial charge on any atom is 0.305 e. The fraction of sp³-hybridized carbons (Fsp3) is 0.714. The number of nitrogens with two attached hydrogens (primary N) is 1. The van der Waals surface area contributed by atoms with Gasteiger partial charge < -0.3 is 10.8 Å². The molecule has 0 radical (unpaired) electrons. The van der Waals surface area contributed by atoms with Gasteiger partial charge in [-0.1, -0.05) is 13.8 Å². The van der Waals surface area contributed by atoms with Gasteiger partial charge in [-0.25, -0.2) is 0 Å². The second-order valence-corrected chi connectivity index (χ2v) is 5.59. The molecule has 5 nitrogen and oxygen atoms in total. The normalized spacial score (nSPS) is 18.6. The van der Waals surface area contributed by atoms with Crippen LogP contribution in [-0.4, -0.2) is 27.4 Å². The average molecular weight is 265 g/mol. The first kappa shape index (κ1) is 14.1. The third-order valence-corrected chi connectivity index (χ3v) is 3.87. The fourth-order valence-corrected chi connectivity index (χ4v) is 2.95. The SMILES string of the molecule is CC(C)c1nn(CCC(=O)O)c2c1C(CN)CCC2. The Morgan fingerprint density at radius 2 is 2.32 bits per heavy atom. The molecule has 2 rings (SSSR count). The molecule has 1 heterocycles. The zero-order valence-electron chi connectivity index (χ0n) is 11.7. The minimum atomic E-state index is -0.776. The first-order valence-corrected chi connectivity index (χ1v) is 7.06. The number of aryl methyl sites for hydroxylation is 1. The number of hydrogen-bond acceptors (Lipinski definition) is 3. The van der Waals surface area contributed by atoms with E-state index in [1.54, 1.807) is 0 Å². The number of aliphatic carboxylic acids is 1. The van der Waals surface area contributed by atoms with E-state index in [1.165, 1.54) is 11.3 Å². The van der Waals surface area contributed by atoms with E-state index in [2.05, 4.69) is 18.9 Å². The number of carbonyl (C=O) groups is 1. The van der Waals surface area contributed by atoms with E-state index in [-0.39, 0.29) is 6.42 Å². The van der Waals surface area contributed by atoms with Crippen molar-refractivity contribution in [3.63, 3.8) is 0 Å². The van der Waals surface area contributed by atoms with E-state index in [0.29, 0.717) is 24.9 Å². The fourth-order valence-electron chi connectivity index (χ4n) is 2.95. The third-order valence-electron chi connectivity index (χ3n) is 3.87. The molecular formula is C14H23N3O2. The van der Waals surface area contributed by atoms with Crippen molar-refractivity contribution in [3.05, 3.63) is 17.0 Å². The monoisotopic (exact) mass is 265 g/mol. The van der Waals surface area contributed by atoms with Gasteiger partial charge in [-0.3, -0.25) is 9.48 Å². The predicted octanol–water partition coefficient (Wildman–Crippen LogP) is 1.86. The van der Waals surface area contributed by atoms with Crippen LogP contribution < -0.4 is 5.73 Å². The molecule has 0 aliphatic heterocycles. The van der Waals surface area contributed by atoms with Gasteiger partial charge in [0.15, 0.2) is 0 Å². The number of aromatic nitrogens is 2. The zero-order chi connectivity index (χ0) is 14.0. The van der Waals surface area contributed by atoms with Crippen molar-refractivity contribution in [1.82, 2.24) is 9.78 Å². The lowest BCUT2D eigenvalue weighted by molar-refractivity contribution is -0.137. The van der Waals surface area contributed by atoms with Crippen molar-refractivity contribution >= 4 is 5.97 Å². The van der Waals surface area contributed by atoms with Gasteiger partial charge in [0.1, 0.15) is 0 Å². The second kappa shape index (κ2) is 5.74. The molecule has 0 saturated carbocycles. The highest BCUT2D eigenvalue weighted by molar-refractivity contribution is 5.66. The largest absolute Gasteiger partial charge is 0.481 e. The Morgan fingerprint density at radius 3 is 2.89 bits per heavy atom. The molecule has 0 fully saturated rings. The Balaban J connectivity index is 2.38. The zero-order valence-corrected chi connectivity index (χ0v) is 11.7. The minimum absolute atomic E-state index is 0.124. The van der Waals surface area contributed by atoms with Crippen LogP contribution in [0, 0.1) is 0 Å². The molecule has 0 aromatic carbocycles. The molecule has 0 saturated heterocycles. The summed E-state index contributed by atoms with van der Waals surface area (Å²) in [6, 6.07) is 0. The van der Waals surface area contributed by atoms with Gasteiger partial charge in [-0.2, -0.15) is 5.10 Å². The van der Waals surface area contributed by atoms with Gasteiger partial charge in [0.25, 0.3) is 0 Å². The summed E-state index contributed by atoms with van der Waals surface area (Å²) in [7, 11) is 0. The molecule has 1 aliphatic carbocycles. The first-order valence-electron chi connectivity index (χ1n) is 7.06. The van der Waals surface area contributed by atoms with Crippen LogP contribution in [0.3, 0.4) is 0 Å². The minimum Gasteiger partial charge on any atom is -0.481 e. The Hall–Kier alpha value is -1.36. The van der Waals surface area contributed by atoms with Crippen molar-refractivity contribution < 1.29 is 9.90 Å². The van der Waals surface area contributed by atoms with E-state index in [1.807, 2.05) is 4.68 Å². The van der Waals surface area contributed by atoms with Gasteiger partial charge in [0.05, 0.1) is 18.7 Å². The summed E-state index contributed by atoms with van der Waals surface area (Å²) >= 11 is 0. The van der Waals surface area contributed by atoms with Gasteiger partial charge >= 0.3 is 5.97 Å². The lowest BCUT2D eigenvalue weighted by Gasteiger charge is -2.23. The smallest absolute Gasteiger partial charge is 0.305 e. The van der Waals surface area contributed by atoms with E-state index < -0.39 is 5.97 Å². The maximum atomic E-state index is 10.7. The van der Waals surface area contributed by atoms with Crippen molar-refractivity contribution in [2.45, 2.75) is 57.9 Å².